The van der Waals surface area contributed by atoms with Gasteiger partial charge in [-0.25, -0.2) is 0 Å². The molecule has 1 fully saturated rings. The lowest BCUT2D eigenvalue weighted by atomic mass is 9.82. The van der Waals surface area contributed by atoms with E-state index in [1.165, 1.54) is 31.4 Å². The minimum atomic E-state index is 0.638. The minimum Gasteiger partial charge on any atom is -0.316 e. The molecule has 0 amide bonds. The molecule has 78 valence electrons. The van der Waals surface area contributed by atoms with Crippen molar-refractivity contribution in [1.82, 2.24) is 15.1 Å². The van der Waals surface area contributed by atoms with Gasteiger partial charge < -0.3 is 5.32 Å². The molecular formula is C11H19N3. The molecule has 3 nitrogen and oxygen atoms in total. The van der Waals surface area contributed by atoms with E-state index in [1.807, 2.05) is 17.9 Å². The van der Waals surface area contributed by atoms with Gasteiger partial charge in [0.15, 0.2) is 0 Å². The van der Waals surface area contributed by atoms with E-state index in [2.05, 4.69) is 23.5 Å². The second-order valence-corrected chi connectivity index (χ2v) is 4.17. The summed E-state index contributed by atoms with van der Waals surface area (Å²) in [4.78, 5) is 0. The average Bonchev–Trinajstić information content (AvgIpc) is 2.64. The van der Waals surface area contributed by atoms with Crippen molar-refractivity contribution in [2.45, 2.75) is 37.6 Å². The first-order valence-corrected chi connectivity index (χ1v) is 5.48. The first kappa shape index (κ1) is 9.71. The molecule has 0 saturated heterocycles. The molecule has 1 aliphatic rings. The molecule has 14 heavy (non-hydrogen) atoms. The molecule has 0 aromatic carbocycles. The predicted molar refractivity (Wildman–Crippen MR) is 57.3 cm³/mol. The number of hydrogen-bond acceptors (Lipinski definition) is 2. The van der Waals surface area contributed by atoms with Gasteiger partial charge >= 0.3 is 0 Å². The van der Waals surface area contributed by atoms with E-state index >= 15 is 0 Å². The molecule has 0 radical (unpaired) electrons. The van der Waals surface area contributed by atoms with E-state index < -0.39 is 0 Å². The fraction of sp³-hybridized carbons (Fsp3) is 0.727. The van der Waals surface area contributed by atoms with Crippen molar-refractivity contribution in [2.75, 3.05) is 7.05 Å². The van der Waals surface area contributed by atoms with Gasteiger partial charge in [0.1, 0.15) is 0 Å². The van der Waals surface area contributed by atoms with Crippen LogP contribution in [0.25, 0.3) is 0 Å². The van der Waals surface area contributed by atoms with Crippen LogP contribution in [0.3, 0.4) is 0 Å². The number of aryl methyl sites for hydroxylation is 1. The van der Waals surface area contributed by atoms with E-state index in [9.17, 15) is 0 Å². The Kier molecular flexibility index (Phi) is 2.87. The number of likely N-dealkylation sites (N-methyl/N-ethyl adjacent to an activating group) is 1. The Morgan fingerprint density at radius 1 is 1.43 bits per heavy atom. The van der Waals surface area contributed by atoms with Crippen LogP contribution in [-0.4, -0.2) is 22.9 Å². The second-order valence-electron chi connectivity index (χ2n) is 4.17. The summed E-state index contributed by atoms with van der Waals surface area (Å²) in [5.74, 6) is 0.654. The van der Waals surface area contributed by atoms with Crippen molar-refractivity contribution in [3.05, 3.63) is 18.0 Å². The molecule has 2 atom stereocenters. The third kappa shape index (κ3) is 1.69. The van der Waals surface area contributed by atoms with Gasteiger partial charge in [-0.15, -0.1) is 0 Å². The molecule has 1 aromatic rings. The van der Waals surface area contributed by atoms with Gasteiger partial charge in [0.05, 0.1) is 0 Å². The Hall–Kier alpha value is -0.830. The number of nitrogens with one attached hydrogen (secondary N) is 1. The van der Waals surface area contributed by atoms with Crippen LogP contribution in [-0.2, 0) is 7.05 Å². The first-order valence-electron chi connectivity index (χ1n) is 5.48. The van der Waals surface area contributed by atoms with E-state index in [4.69, 9.17) is 0 Å². The van der Waals surface area contributed by atoms with Crippen LogP contribution in [0.2, 0.25) is 0 Å². The number of aromatic nitrogens is 2. The summed E-state index contributed by atoms with van der Waals surface area (Å²) in [6, 6.07) is 2.79. The van der Waals surface area contributed by atoms with Crippen molar-refractivity contribution in [3.63, 3.8) is 0 Å². The maximum atomic E-state index is 4.25. The summed E-state index contributed by atoms with van der Waals surface area (Å²) >= 11 is 0. The summed E-state index contributed by atoms with van der Waals surface area (Å²) in [6.45, 7) is 0. The fourth-order valence-corrected chi connectivity index (χ4v) is 2.58. The van der Waals surface area contributed by atoms with Crippen molar-refractivity contribution in [1.29, 1.82) is 0 Å². The van der Waals surface area contributed by atoms with Crippen LogP contribution in [0.15, 0.2) is 12.3 Å². The van der Waals surface area contributed by atoms with Crippen LogP contribution < -0.4 is 5.32 Å². The normalized spacial score (nSPS) is 27.9. The maximum absolute atomic E-state index is 4.25. The Bertz CT molecular complexity index is 292. The minimum absolute atomic E-state index is 0.638. The van der Waals surface area contributed by atoms with Crippen LogP contribution in [0.4, 0.5) is 0 Å². The highest BCUT2D eigenvalue weighted by Crippen LogP contribution is 2.32. The Balaban J connectivity index is 2.19. The van der Waals surface area contributed by atoms with Gasteiger partial charge in [0.2, 0.25) is 0 Å². The predicted octanol–water partition coefficient (Wildman–Crippen LogP) is 1.67. The molecule has 1 aromatic heterocycles. The Morgan fingerprint density at radius 3 is 2.86 bits per heavy atom. The van der Waals surface area contributed by atoms with Gasteiger partial charge in [0.25, 0.3) is 0 Å². The molecule has 3 heteroatoms. The highest BCUT2D eigenvalue weighted by atomic mass is 15.3. The maximum Gasteiger partial charge on any atom is 0.0492 e. The monoisotopic (exact) mass is 193 g/mol. The fourth-order valence-electron chi connectivity index (χ4n) is 2.58. The van der Waals surface area contributed by atoms with Crippen LogP contribution >= 0.6 is 0 Å². The third-order valence-corrected chi connectivity index (χ3v) is 3.38. The summed E-state index contributed by atoms with van der Waals surface area (Å²) in [5, 5.41) is 7.68. The summed E-state index contributed by atoms with van der Waals surface area (Å²) in [5.41, 5.74) is 1.38. The Morgan fingerprint density at radius 2 is 2.21 bits per heavy atom. The lowest BCUT2D eigenvalue weighted by Crippen LogP contribution is -2.35. The molecule has 2 unspecified atom stereocenters. The molecule has 0 aliphatic heterocycles. The molecule has 1 heterocycles. The molecule has 0 bridgehead atoms. The van der Waals surface area contributed by atoms with Crippen molar-refractivity contribution >= 4 is 0 Å². The molecule has 1 N–H and O–H groups in total. The largest absolute Gasteiger partial charge is 0.316 e. The van der Waals surface area contributed by atoms with Crippen molar-refractivity contribution in [2.24, 2.45) is 7.05 Å². The van der Waals surface area contributed by atoms with Gasteiger partial charge in [0, 0.05) is 30.9 Å². The molecule has 2 rings (SSSR count). The van der Waals surface area contributed by atoms with E-state index in [0.717, 1.165) is 0 Å². The summed E-state index contributed by atoms with van der Waals surface area (Å²) in [7, 11) is 4.11. The average molecular weight is 193 g/mol. The topological polar surface area (TPSA) is 29.9 Å². The number of rotatable bonds is 2. The first-order chi connectivity index (χ1) is 6.83. The van der Waals surface area contributed by atoms with Gasteiger partial charge in [-0.1, -0.05) is 12.8 Å². The van der Waals surface area contributed by atoms with Crippen molar-refractivity contribution < 1.29 is 0 Å². The zero-order valence-corrected chi connectivity index (χ0v) is 9.03. The Labute approximate surface area is 85.5 Å². The lowest BCUT2D eigenvalue weighted by Gasteiger charge is -2.31. The van der Waals surface area contributed by atoms with E-state index in [0.29, 0.717) is 12.0 Å². The van der Waals surface area contributed by atoms with Gasteiger partial charge in [-0.05, 0) is 26.0 Å². The van der Waals surface area contributed by atoms with Crippen LogP contribution in [0.5, 0.6) is 0 Å². The van der Waals surface area contributed by atoms with E-state index in [-0.39, 0.29) is 0 Å². The third-order valence-electron chi connectivity index (χ3n) is 3.38. The SMILES string of the molecule is CNC1CCCCC1c1ccnn1C. The smallest absolute Gasteiger partial charge is 0.0492 e. The van der Waals surface area contributed by atoms with Crippen molar-refractivity contribution in [3.8, 4) is 0 Å². The molecular weight excluding hydrogens is 174 g/mol. The lowest BCUT2D eigenvalue weighted by molar-refractivity contribution is 0.332. The highest BCUT2D eigenvalue weighted by Gasteiger charge is 2.26. The molecule has 0 spiro atoms. The van der Waals surface area contributed by atoms with E-state index in [1.54, 1.807) is 0 Å². The highest BCUT2D eigenvalue weighted by molar-refractivity contribution is 5.11. The van der Waals surface area contributed by atoms with Gasteiger partial charge in [-0.2, -0.15) is 5.10 Å². The summed E-state index contributed by atoms with van der Waals surface area (Å²) in [6.07, 6.45) is 7.21. The van der Waals surface area contributed by atoms with Crippen LogP contribution in [0.1, 0.15) is 37.3 Å². The quantitative estimate of drug-likeness (QED) is 0.774. The standard InChI is InChI=1S/C11H19N3/c1-12-10-6-4-3-5-9(10)11-7-8-13-14(11)2/h7-10,12H,3-6H2,1-2H3. The second kappa shape index (κ2) is 4.13. The number of nitrogens with zero attached hydrogens (tertiary/aromatic N) is 2. The summed E-state index contributed by atoms with van der Waals surface area (Å²) < 4.78 is 2.01. The number of hydrogen-bond donors (Lipinski definition) is 1. The zero-order valence-electron chi connectivity index (χ0n) is 9.03. The van der Waals surface area contributed by atoms with Gasteiger partial charge in [-0.3, -0.25) is 4.68 Å². The zero-order chi connectivity index (χ0) is 9.97. The van der Waals surface area contributed by atoms with Crippen LogP contribution in [0, 0.1) is 0 Å². The molecule has 1 aliphatic carbocycles. The molecule has 1 saturated carbocycles.